The molecule has 2 aromatic heterocycles. The third-order valence-electron chi connectivity index (χ3n) is 2.53. The molecule has 0 saturated heterocycles. The van der Waals surface area contributed by atoms with Gasteiger partial charge in [-0.1, -0.05) is 6.07 Å². The lowest BCUT2D eigenvalue weighted by Gasteiger charge is -2.02. The Hall–Kier alpha value is -2.36. The van der Waals surface area contributed by atoms with Gasteiger partial charge < -0.3 is 5.73 Å². The number of benzene rings is 1. The van der Waals surface area contributed by atoms with Gasteiger partial charge >= 0.3 is 0 Å². The van der Waals surface area contributed by atoms with Gasteiger partial charge in [0.15, 0.2) is 0 Å². The topological polar surface area (TPSA) is 56.7 Å². The van der Waals surface area contributed by atoms with Crippen LogP contribution in [0.4, 0.5) is 5.69 Å². The minimum Gasteiger partial charge on any atom is -0.398 e. The normalized spacial score (nSPS) is 10.8. The molecule has 0 bridgehead atoms. The lowest BCUT2D eigenvalue weighted by atomic mass is 10.2. The summed E-state index contributed by atoms with van der Waals surface area (Å²) in [6.45, 7) is 0. The number of rotatable bonds is 1. The third-order valence-corrected chi connectivity index (χ3v) is 2.53. The fourth-order valence-electron chi connectivity index (χ4n) is 1.78. The second-order valence-corrected chi connectivity index (χ2v) is 3.51. The third kappa shape index (κ3) is 1.24. The van der Waals surface area contributed by atoms with Crippen LogP contribution in [0.2, 0.25) is 0 Å². The van der Waals surface area contributed by atoms with Crippen molar-refractivity contribution in [2.45, 2.75) is 0 Å². The molecule has 0 aliphatic carbocycles. The van der Waals surface area contributed by atoms with Gasteiger partial charge in [0.1, 0.15) is 0 Å². The van der Waals surface area contributed by atoms with E-state index in [1.54, 1.807) is 18.5 Å². The Kier molecular flexibility index (Phi) is 1.86. The number of nitrogen functional groups attached to an aromatic ring is 1. The highest BCUT2D eigenvalue weighted by molar-refractivity contribution is 5.91. The smallest absolute Gasteiger partial charge is 0.234 e. The molecule has 0 atom stereocenters. The molecule has 0 unspecified atom stereocenters. The average molecular weight is 210 g/mol. The van der Waals surface area contributed by atoms with Crippen LogP contribution in [0.1, 0.15) is 0 Å². The molecular formula is C12H10N4. The van der Waals surface area contributed by atoms with Gasteiger partial charge in [-0.15, -0.1) is 0 Å². The molecule has 1 aromatic carbocycles. The molecule has 3 aromatic rings. The molecule has 0 radical (unpaired) electrons. The van der Waals surface area contributed by atoms with Gasteiger partial charge in [-0.05, 0) is 24.3 Å². The molecular weight excluding hydrogens is 200 g/mol. The van der Waals surface area contributed by atoms with Gasteiger partial charge in [-0.3, -0.25) is 4.57 Å². The summed E-state index contributed by atoms with van der Waals surface area (Å²) >= 11 is 0. The first-order valence-corrected chi connectivity index (χ1v) is 4.99. The molecule has 2 heterocycles. The molecule has 0 saturated carbocycles. The summed E-state index contributed by atoms with van der Waals surface area (Å²) in [7, 11) is 0. The highest BCUT2D eigenvalue weighted by Crippen LogP contribution is 2.23. The van der Waals surface area contributed by atoms with Crippen molar-refractivity contribution >= 4 is 16.6 Å². The van der Waals surface area contributed by atoms with E-state index in [4.69, 9.17) is 5.73 Å². The summed E-state index contributed by atoms with van der Waals surface area (Å²) in [5, 5.41) is 1.02. The summed E-state index contributed by atoms with van der Waals surface area (Å²) in [5.74, 6) is 0.656. The Labute approximate surface area is 92.4 Å². The van der Waals surface area contributed by atoms with E-state index in [1.807, 2.05) is 35.0 Å². The van der Waals surface area contributed by atoms with E-state index in [0.717, 1.165) is 16.6 Å². The number of nitrogens with zero attached hydrogens (tertiary/aromatic N) is 3. The number of nitrogens with two attached hydrogens (primary N) is 1. The second-order valence-electron chi connectivity index (χ2n) is 3.51. The Morgan fingerprint density at radius 2 is 1.81 bits per heavy atom. The van der Waals surface area contributed by atoms with Crippen LogP contribution < -0.4 is 5.73 Å². The lowest BCUT2D eigenvalue weighted by Crippen LogP contribution is -1.98. The number of hydrogen-bond donors (Lipinski definition) is 1. The maximum absolute atomic E-state index is 5.89. The molecule has 0 amide bonds. The van der Waals surface area contributed by atoms with E-state index >= 15 is 0 Å². The van der Waals surface area contributed by atoms with Crippen molar-refractivity contribution in [1.29, 1.82) is 0 Å². The molecule has 4 heteroatoms. The lowest BCUT2D eigenvalue weighted by molar-refractivity contribution is 0.962. The summed E-state index contributed by atoms with van der Waals surface area (Å²) in [6, 6.07) is 9.59. The van der Waals surface area contributed by atoms with E-state index < -0.39 is 0 Å². The quantitative estimate of drug-likeness (QED) is 0.625. The largest absolute Gasteiger partial charge is 0.398 e. The highest BCUT2D eigenvalue weighted by Gasteiger charge is 2.05. The number of fused-ring (bicyclic) bond motifs is 1. The summed E-state index contributed by atoms with van der Waals surface area (Å²) in [4.78, 5) is 8.42. The van der Waals surface area contributed by atoms with E-state index in [1.165, 1.54) is 0 Å². The highest BCUT2D eigenvalue weighted by atomic mass is 15.1. The minimum atomic E-state index is 0.656. The fourth-order valence-corrected chi connectivity index (χ4v) is 1.78. The van der Waals surface area contributed by atoms with Gasteiger partial charge in [0, 0.05) is 29.7 Å². The SMILES string of the molecule is Nc1cccc2c1ccn2-c1ncccn1. The monoisotopic (exact) mass is 210 g/mol. The zero-order valence-electron chi connectivity index (χ0n) is 8.54. The van der Waals surface area contributed by atoms with Gasteiger partial charge in [-0.2, -0.15) is 0 Å². The van der Waals surface area contributed by atoms with Crippen LogP contribution in [0, 0.1) is 0 Å². The molecule has 3 rings (SSSR count). The van der Waals surface area contributed by atoms with Gasteiger partial charge in [0.25, 0.3) is 0 Å². The first kappa shape index (κ1) is 8.91. The maximum Gasteiger partial charge on any atom is 0.234 e. The molecule has 4 nitrogen and oxygen atoms in total. The predicted molar refractivity (Wildman–Crippen MR) is 63.3 cm³/mol. The molecule has 0 aliphatic heterocycles. The van der Waals surface area contributed by atoms with E-state index in [-0.39, 0.29) is 0 Å². The first-order chi connectivity index (χ1) is 7.86. The van der Waals surface area contributed by atoms with Gasteiger partial charge in [-0.25, -0.2) is 9.97 Å². The van der Waals surface area contributed by atoms with Crippen molar-refractivity contribution < 1.29 is 0 Å². The molecule has 2 N–H and O–H groups in total. The zero-order valence-corrected chi connectivity index (χ0v) is 8.54. The Morgan fingerprint density at radius 1 is 1.00 bits per heavy atom. The summed E-state index contributed by atoms with van der Waals surface area (Å²) < 4.78 is 1.92. The van der Waals surface area contributed by atoms with Crippen LogP contribution in [-0.4, -0.2) is 14.5 Å². The van der Waals surface area contributed by atoms with Crippen LogP contribution >= 0.6 is 0 Å². The maximum atomic E-state index is 5.89. The summed E-state index contributed by atoms with van der Waals surface area (Å²) in [6.07, 6.45) is 5.37. The van der Waals surface area contributed by atoms with E-state index in [0.29, 0.717) is 5.95 Å². The molecule has 16 heavy (non-hydrogen) atoms. The predicted octanol–water partition coefficient (Wildman–Crippen LogP) is 2.00. The van der Waals surface area contributed by atoms with Crippen molar-refractivity contribution in [3.05, 3.63) is 48.9 Å². The van der Waals surface area contributed by atoms with Gasteiger partial charge in [0.2, 0.25) is 5.95 Å². The number of anilines is 1. The van der Waals surface area contributed by atoms with E-state index in [2.05, 4.69) is 9.97 Å². The van der Waals surface area contributed by atoms with Crippen molar-refractivity contribution in [2.24, 2.45) is 0 Å². The minimum absolute atomic E-state index is 0.656. The van der Waals surface area contributed by atoms with Crippen LogP contribution in [0.15, 0.2) is 48.9 Å². The van der Waals surface area contributed by atoms with Crippen LogP contribution in [0.25, 0.3) is 16.9 Å². The molecule has 0 spiro atoms. The number of hydrogen-bond acceptors (Lipinski definition) is 3. The average Bonchev–Trinajstić information content (AvgIpc) is 2.75. The zero-order chi connectivity index (χ0) is 11.0. The van der Waals surface area contributed by atoms with Crippen molar-refractivity contribution in [2.75, 3.05) is 5.73 Å². The van der Waals surface area contributed by atoms with E-state index in [9.17, 15) is 0 Å². The van der Waals surface area contributed by atoms with Crippen LogP contribution in [0.5, 0.6) is 0 Å². The first-order valence-electron chi connectivity index (χ1n) is 4.99. The van der Waals surface area contributed by atoms with Crippen molar-refractivity contribution in [3.63, 3.8) is 0 Å². The molecule has 0 aliphatic rings. The van der Waals surface area contributed by atoms with Crippen LogP contribution in [0.3, 0.4) is 0 Å². The summed E-state index contributed by atoms with van der Waals surface area (Å²) in [5.41, 5.74) is 7.68. The van der Waals surface area contributed by atoms with Crippen molar-refractivity contribution in [1.82, 2.24) is 14.5 Å². The fraction of sp³-hybridized carbons (Fsp3) is 0. The Morgan fingerprint density at radius 3 is 2.62 bits per heavy atom. The Bertz CT molecular complexity index is 628. The second kappa shape index (κ2) is 3.34. The standard InChI is InChI=1S/C12H10N4/c13-10-3-1-4-11-9(10)5-8-16(11)12-14-6-2-7-15-12/h1-8H,13H2. The Balaban J connectivity index is 2.30. The van der Waals surface area contributed by atoms with Crippen LogP contribution in [-0.2, 0) is 0 Å². The van der Waals surface area contributed by atoms with Crippen molar-refractivity contribution in [3.8, 4) is 5.95 Å². The molecule has 0 fully saturated rings. The van der Waals surface area contributed by atoms with Gasteiger partial charge in [0.05, 0.1) is 5.52 Å². The number of aromatic nitrogens is 3. The molecule has 78 valence electrons.